The van der Waals surface area contributed by atoms with Gasteiger partial charge >= 0.3 is 0 Å². The van der Waals surface area contributed by atoms with Gasteiger partial charge in [-0.3, -0.25) is 0 Å². The standard InChI is InChI=1S/C11H11F2N3/c12-10(13)9-5-6-14-11-7-3-1-2-4-8(7)15-16(9)11/h1-4,9-10,14H,5-6H2. The van der Waals surface area contributed by atoms with E-state index in [1.165, 1.54) is 4.68 Å². The van der Waals surface area contributed by atoms with Crippen molar-refractivity contribution in [3.63, 3.8) is 0 Å². The van der Waals surface area contributed by atoms with E-state index in [9.17, 15) is 8.78 Å². The predicted octanol–water partition coefficient (Wildman–Crippen LogP) is 2.66. The normalized spacial score (nSPS) is 19.8. The summed E-state index contributed by atoms with van der Waals surface area (Å²) in [6.45, 7) is 0.574. The molecule has 16 heavy (non-hydrogen) atoms. The lowest BCUT2D eigenvalue weighted by Gasteiger charge is -2.24. The van der Waals surface area contributed by atoms with E-state index in [1.54, 1.807) is 0 Å². The van der Waals surface area contributed by atoms with Gasteiger partial charge in [-0.25, -0.2) is 13.5 Å². The molecular weight excluding hydrogens is 212 g/mol. The van der Waals surface area contributed by atoms with Crippen molar-refractivity contribution in [3.8, 4) is 0 Å². The lowest BCUT2D eigenvalue weighted by molar-refractivity contribution is 0.0719. The summed E-state index contributed by atoms with van der Waals surface area (Å²) in [5, 5.41) is 8.28. The summed E-state index contributed by atoms with van der Waals surface area (Å²) in [5.74, 6) is 0.715. The molecule has 1 aliphatic rings. The second kappa shape index (κ2) is 3.43. The van der Waals surface area contributed by atoms with Gasteiger partial charge in [0, 0.05) is 11.9 Å². The molecule has 2 aromatic rings. The van der Waals surface area contributed by atoms with Crippen LogP contribution in [-0.4, -0.2) is 22.8 Å². The maximum atomic E-state index is 12.8. The van der Waals surface area contributed by atoms with Gasteiger partial charge in [-0.1, -0.05) is 12.1 Å². The van der Waals surface area contributed by atoms with Gasteiger partial charge in [0.25, 0.3) is 6.43 Å². The van der Waals surface area contributed by atoms with E-state index in [0.29, 0.717) is 18.8 Å². The summed E-state index contributed by atoms with van der Waals surface area (Å²) >= 11 is 0. The Hall–Kier alpha value is -1.65. The molecule has 0 bridgehead atoms. The number of hydrogen-bond acceptors (Lipinski definition) is 2. The van der Waals surface area contributed by atoms with Crippen LogP contribution in [0.25, 0.3) is 10.9 Å². The highest BCUT2D eigenvalue weighted by Crippen LogP contribution is 2.33. The molecule has 3 rings (SSSR count). The van der Waals surface area contributed by atoms with Crippen LogP contribution < -0.4 is 5.32 Å². The summed E-state index contributed by atoms with van der Waals surface area (Å²) in [4.78, 5) is 0. The molecule has 84 valence electrons. The molecule has 2 heterocycles. The van der Waals surface area contributed by atoms with Crippen LogP contribution in [0.3, 0.4) is 0 Å². The van der Waals surface area contributed by atoms with Gasteiger partial charge in [0.1, 0.15) is 11.9 Å². The van der Waals surface area contributed by atoms with E-state index in [-0.39, 0.29) is 0 Å². The van der Waals surface area contributed by atoms with Crippen molar-refractivity contribution in [2.45, 2.75) is 18.9 Å². The highest BCUT2D eigenvalue weighted by atomic mass is 19.3. The summed E-state index contributed by atoms with van der Waals surface area (Å²) in [6.07, 6.45) is -1.95. The minimum Gasteiger partial charge on any atom is -0.370 e. The van der Waals surface area contributed by atoms with Crippen molar-refractivity contribution in [1.29, 1.82) is 0 Å². The minimum atomic E-state index is -2.37. The van der Waals surface area contributed by atoms with Gasteiger partial charge in [-0.05, 0) is 18.6 Å². The van der Waals surface area contributed by atoms with Crippen molar-refractivity contribution in [2.24, 2.45) is 0 Å². The molecule has 0 radical (unpaired) electrons. The molecule has 1 aromatic heterocycles. The van der Waals surface area contributed by atoms with Gasteiger partial charge in [0.2, 0.25) is 0 Å². The third-order valence-corrected chi connectivity index (χ3v) is 2.94. The zero-order chi connectivity index (χ0) is 11.1. The van der Waals surface area contributed by atoms with Crippen molar-refractivity contribution >= 4 is 16.7 Å². The van der Waals surface area contributed by atoms with Crippen LogP contribution in [-0.2, 0) is 0 Å². The summed E-state index contributed by atoms with van der Waals surface area (Å²) in [6, 6.07) is 6.68. The fraction of sp³-hybridized carbons (Fsp3) is 0.364. The number of rotatable bonds is 1. The van der Waals surface area contributed by atoms with Crippen LogP contribution in [0.5, 0.6) is 0 Å². The Bertz CT molecular complexity index is 521. The van der Waals surface area contributed by atoms with Crippen LogP contribution in [0.4, 0.5) is 14.6 Å². The van der Waals surface area contributed by atoms with E-state index >= 15 is 0 Å². The monoisotopic (exact) mass is 223 g/mol. The van der Waals surface area contributed by atoms with E-state index in [2.05, 4.69) is 10.4 Å². The molecule has 0 amide bonds. The number of fused-ring (bicyclic) bond motifs is 3. The number of benzene rings is 1. The topological polar surface area (TPSA) is 29.9 Å². The summed E-state index contributed by atoms with van der Waals surface area (Å²) < 4.78 is 27.1. The third kappa shape index (κ3) is 1.27. The molecule has 5 heteroatoms. The number of aromatic nitrogens is 2. The van der Waals surface area contributed by atoms with E-state index < -0.39 is 12.5 Å². The fourth-order valence-corrected chi connectivity index (χ4v) is 2.16. The number of nitrogens with zero attached hydrogens (tertiary/aromatic N) is 2. The van der Waals surface area contributed by atoms with Crippen LogP contribution in [0.1, 0.15) is 12.5 Å². The number of anilines is 1. The number of alkyl halides is 2. The first-order chi connectivity index (χ1) is 7.77. The molecule has 3 nitrogen and oxygen atoms in total. The fourth-order valence-electron chi connectivity index (χ4n) is 2.16. The lowest BCUT2D eigenvalue weighted by atomic mass is 10.1. The molecule has 1 unspecified atom stereocenters. The molecule has 1 aromatic carbocycles. The molecular formula is C11H11F2N3. The molecule has 1 aliphatic heterocycles. The molecule has 0 saturated carbocycles. The van der Waals surface area contributed by atoms with Gasteiger partial charge in [-0.2, -0.15) is 5.10 Å². The Morgan fingerprint density at radius 2 is 2.19 bits per heavy atom. The first-order valence-electron chi connectivity index (χ1n) is 5.26. The molecule has 0 saturated heterocycles. The number of hydrogen-bond donors (Lipinski definition) is 1. The Morgan fingerprint density at radius 3 is 3.00 bits per heavy atom. The van der Waals surface area contributed by atoms with Crippen molar-refractivity contribution < 1.29 is 8.78 Å². The SMILES string of the molecule is FC(F)C1CCNc2c3ccccc3nn21. The van der Waals surface area contributed by atoms with E-state index in [0.717, 1.165) is 10.9 Å². The zero-order valence-electron chi connectivity index (χ0n) is 8.53. The largest absolute Gasteiger partial charge is 0.370 e. The van der Waals surface area contributed by atoms with Crippen LogP contribution in [0.2, 0.25) is 0 Å². The maximum Gasteiger partial charge on any atom is 0.260 e. The molecule has 0 aliphatic carbocycles. The van der Waals surface area contributed by atoms with Crippen LogP contribution in [0.15, 0.2) is 24.3 Å². The first-order valence-corrected chi connectivity index (χ1v) is 5.26. The highest BCUT2D eigenvalue weighted by Gasteiger charge is 2.29. The average molecular weight is 223 g/mol. The second-order valence-corrected chi connectivity index (χ2v) is 3.93. The van der Waals surface area contributed by atoms with Crippen LogP contribution in [0, 0.1) is 0 Å². The van der Waals surface area contributed by atoms with Crippen molar-refractivity contribution in [1.82, 2.24) is 9.78 Å². The second-order valence-electron chi connectivity index (χ2n) is 3.93. The first kappa shape index (κ1) is 9.57. The molecule has 1 atom stereocenters. The average Bonchev–Trinajstić information content (AvgIpc) is 2.67. The zero-order valence-corrected chi connectivity index (χ0v) is 8.53. The van der Waals surface area contributed by atoms with E-state index in [4.69, 9.17) is 0 Å². The summed E-state index contributed by atoms with van der Waals surface area (Å²) in [5.41, 5.74) is 0.762. The number of nitrogens with one attached hydrogen (secondary N) is 1. The quantitative estimate of drug-likeness (QED) is 0.805. The highest BCUT2D eigenvalue weighted by molar-refractivity contribution is 5.90. The Kier molecular flexibility index (Phi) is 2.05. The van der Waals surface area contributed by atoms with E-state index in [1.807, 2.05) is 24.3 Å². The Labute approximate surface area is 91.1 Å². The molecule has 0 spiro atoms. The summed E-state index contributed by atoms with van der Waals surface area (Å²) in [7, 11) is 0. The Balaban J connectivity index is 2.21. The maximum absolute atomic E-state index is 12.8. The molecule has 0 fully saturated rings. The van der Waals surface area contributed by atoms with Gasteiger partial charge in [-0.15, -0.1) is 0 Å². The van der Waals surface area contributed by atoms with Crippen LogP contribution >= 0.6 is 0 Å². The van der Waals surface area contributed by atoms with Crippen molar-refractivity contribution in [3.05, 3.63) is 24.3 Å². The van der Waals surface area contributed by atoms with Gasteiger partial charge in [0.05, 0.1) is 5.52 Å². The minimum absolute atomic E-state index is 0.415. The smallest absolute Gasteiger partial charge is 0.260 e. The number of halogens is 2. The van der Waals surface area contributed by atoms with Gasteiger partial charge < -0.3 is 5.32 Å². The Morgan fingerprint density at radius 1 is 1.38 bits per heavy atom. The lowest BCUT2D eigenvalue weighted by Crippen LogP contribution is -2.28. The van der Waals surface area contributed by atoms with Crippen molar-refractivity contribution in [2.75, 3.05) is 11.9 Å². The predicted molar refractivity (Wildman–Crippen MR) is 57.9 cm³/mol. The molecule has 1 N–H and O–H groups in total. The third-order valence-electron chi connectivity index (χ3n) is 2.94. The van der Waals surface area contributed by atoms with Gasteiger partial charge in [0.15, 0.2) is 0 Å².